The summed E-state index contributed by atoms with van der Waals surface area (Å²) >= 11 is 5.92. The van der Waals surface area contributed by atoms with Crippen LogP contribution >= 0.6 is 11.6 Å². The molecule has 6 nitrogen and oxygen atoms in total. The molecule has 0 aliphatic heterocycles. The van der Waals surface area contributed by atoms with Gasteiger partial charge in [0, 0.05) is 5.02 Å². The van der Waals surface area contributed by atoms with Crippen molar-refractivity contribution in [1.29, 1.82) is 0 Å². The van der Waals surface area contributed by atoms with Crippen molar-refractivity contribution in [3.63, 3.8) is 0 Å². The molecule has 1 atom stereocenters. The van der Waals surface area contributed by atoms with Crippen molar-refractivity contribution in [2.45, 2.75) is 26.4 Å². The molecule has 0 aromatic heterocycles. The smallest absolute Gasteiger partial charge is 0.377 e. The minimum absolute atomic E-state index is 0.101. The van der Waals surface area contributed by atoms with Crippen molar-refractivity contribution in [2.75, 3.05) is 14.2 Å². The lowest BCUT2D eigenvalue weighted by molar-refractivity contribution is -0.138. The third-order valence-electron chi connectivity index (χ3n) is 2.88. The first-order chi connectivity index (χ1) is 10.9. The van der Waals surface area contributed by atoms with E-state index in [4.69, 9.17) is 25.8 Å². The summed E-state index contributed by atoms with van der Waals surface area (Å²) in [6.45, 7) is 3.66. The van der Waals surface area contributed by atoms with Crippen LogP contribution in [0.5, 0.6) is 5.75 Å². The maximum absolute atomic E-state index is 12.2. The zero-order chi connectivity index (χ0) is 17.4. The third-order valence-corrected chi connectivity index (χ3v) is 3.11. The average Bonchev–Trinajstić information content (AvgIpc) is 2.54. The van der Waals surface area contributed by atoms with Gasteiger partial charge in [0.1, 0.15) is 17.6 Å². The van der Waals surface area contributed by atoms with E-state index in [0.29, 0.717) is 11.4 Å². The summed E-state index contributed by atoms with van der Waals surface area (Å²) in [6.07, 6.45) is 1.48. The van der Waals surface area contributed by atoms with E-state index in [-0.39, 0.29) is 23.2 Å². The van der Waals surface area contributed by atoms with E-state index < -0.39 is 11.9 Å². The van der Waals surface area contributed by atoms with Crippen molar-refractivity contribution >= 4 is 23.5 Å². The van der Waals surface area contributed by atoms with Crippen LogP contribution in [0.4, 0.5) is 0 Å². The van der Waals surface area contributed by atoms with E-state index in [0.717, 1.165) is 6.26 Å². The average molecular weight is 343 g/mol. The van der Waals surface area contributed by atoms with Crippen LogP contribution in [0.1, 0.15) is 30.6 Å². The summed E-state index contributed by atoms with van der Waals surface area (Å²) in [5.41, 5.74) is 0.101. The van der Waals surface area contributed by atoms with Gasteiger partial charge in [-0.15, -0.1) is 0 Å². The second-order valence-electron chi connectivity index (χ2n) is 4.58. The Morgan fingerprint density at radius 3 is 2.57 bits per heavy atom. The SMILES string of the molecule is CCC(C)OC(=O)c1cc(Cl)ccc1O/C(=C/OC)C(=O)OC. The molecule has 1 rings (SSSR count). The van der Waals surface area contributed by atoms with E-state index in [1.54, 1.807) is 6.92 Å². The van der Waals surface area contributed by atoms with Crippen LogP contribution in [-0.4, -0.2) is 32.3 Å². The first-order valence-corrected chi connectivity index (χ1v) is 7.30. The number of ether oxygens (including phenoxy) is 4. The molecule has 1 unspecified atom stereocenters. The fourth-order valence-electron chi connectivity index (χ4n) is 1.52. The van der Waals surface area contributed by atoms with Crippen LogP contribution in [0.25, 0.3) is 0 Å². The van der Waals surface area contributed by atoms with Gasteiger partial charge in [-0.3, -0.25) is 0 Å². The Bertz CT molecular complexity index is 596. The zero-order valence-corrected chi connectivity index (χ0v) is 14.2. The van der Waals surface area contributed by atoms with E-state index >= 15 is 0 Å². The van der Waals surface area contributed by atoms with Gasteiger partial charge < -0.3 is 18.9 Å². The zero-order valence-electron chi connectivity index (χ0n) is 13.4. The number of esters is 2. The number of halogens is 1. The molecular weight excluding hydrogens is 324 g/mol. The van der Waals surface area contributed by atoms with Crippen LogP contribution in [-0.2, 0) is 19.0 Å². The first kappa shape index (κ1) is 18.8. The monoisotopic (exact) mass is 342 g/mol. The lowest BCUT2D eigenvalue weighted by Crippen LogP contribution is -2.17. The molecule has 0 spiro atoms. The van der Waals surface area contributed by atoms with E-state index in [9.17, 15) is 9.59 Å². The molecule has 0 radical (unpaired) electrons. The molecule has 0 aliphatic rings. The van der Waals surface area contributed by atoms with Crippen LogP contribution < -0.4 is 4.74 Å². The summed E-state index contributed by atoms with van der Waals surface area (Å²) in [7, 11) is 2.56. The Kier molecular flexibility index (Phi) is 7.41. The van der Waals surface area contributed by atoms with Crippen LogP contribution in [0.3, 0.4) is 0 Å². The molecule has 0 aliphatic carbocycles. The predicted molar refractivity (Wildman–Crippen MR) is 84.4 cm³/mol. The summed E-state index contributed by atoms with van der Waals surface area (Å²) in [4.78, 5) is 23.9. The molecule has 1 aromatic carbocycles. The van der Waals surface area contributed by atoms with E-state index in [1.165, 1.54) is 32.4 Å². The van der Waals surface area contributed by atoms with Gasteiger partial charge in [-0.05, 0) is 31.5 Å². The van der Waals surface area contributed by atoms with E-state index in [2.05, 4.69) is 4.74 Å². The van der Waals surface area contributed by atoms with Crippen LogP contribution in [0, 0.1) is 0 Å². The van der Waals surface area contributed by atoms with Gasteiger partial charge in [-0.1, -0.05) is 18.5 Å². The topological polar surface area (TPSA) is 71.1 Å². The molecule has 0 bridgehead atoms. The Labute approximate surface area is 139 Å². The highest BCUT2D eigenvalue weighted by atomic mass is 35.5. The van der Waals surface area contributed by atoms with Gasteiger partial charge in [0.15, 0.2) is 0 Å². The van der Waals surface area contributed by atoms with E-state index in [1.807, 2.05) is 6.92 Å². The van der Waals surface area contributed by atoms with Gasteiger partial charge in [0.2, 0.25) is 5.76 Å². The number of methoxy groups -OCH3 is 2. The number of hydrogen-bond acceptors (Lipinski definition) is 6. The van der Waals surface area contributed by atoms with Crippen molar-refractivity contribution in [3.8, 4) is 5.75 Å². The molecule has 0 amide bonds. The van der Waals surface area contributed by atoms with Gasteiger partial charge >= 0.3 is 11.9 Å². The third kappa shape index (κ3) is 5.49. The van der Waals surface area contributed by atoms with Crippen LogP contribution in [0.15, 0.2) is 30.2 Å². The number of hydrogen-bond donors (Lipinski definition) is 0. The summed E-state index contributed by atoms with van der Waals surface area (Å²) < 4.78 is 20.1. The standard InChI is InChI=1S/C16H19ClO6/c1-5-10(2)22-15(18)12-8-11(17)6-7-13(12)23-14(9-20-3)16(19)21-4/h6-10H,5H2,1-4H3/b14-9+. The van der Waals surface area contributed by atoms with Gasteiger partial charge in [0.05, 0.1) is 20.3 Å². The number of carbonyl (C=O) groups excluding carboxylic acids is 2. The molecule has 0 fully saturated rings. The van der Waals surface area contributed by atoms with Crippen molar-refractivity contribution in [3.05, 3.63) is 40.8 Å². The molecule has 7 heteroatoms. The Morgan fingerprint density at radius 2 is 2.00 bits per heavy atom. The highest BCUT2D eigenvalue weighted by Crippen LogP contribution is 2.26. The quantitative estimate of drug-likeness (QED) is 0.430. The molecule has 126 valence electrons. The van der Waals surface area contributed by atoms with Crippen LogP contribution in [0.2, 0.25) is 5.02 Å². The van der Waals surface area contributed by atoms with Gasteiger partial charge in [-0.25, -0.2) is 9.59 Å². The summed E-state index contributed by atoms with van der Waals surface area (Å²) in [5.74, 6) is -1.45. The number of benzene rings is 1. The molecule has 0 saturated carbocycles. The summed E-state index contributed by atoms with van der Waals surface area (Å²) in [6, 6.07) is 4.39. The molecule has 0 saturated heterocycles. The molecular formula is C16H19ClO6. The van der Waals surface area contributed by atoms with Crippen molar-refractivity contribution < 1.29 is 28.5 Å². The Morgan fingerprint density at radius 1 is 1.30 bits per heavy atom. The Balaban J connectivity index is 3.13. The maximum atomic E-state index is 12.2. The predicted octanol–water partition coefficient (Wildman–Crippen LogP) is 3.33. The molecule has 1 aromatic rings. The fourth-order valence-corrected chi connectivity index (χ4v) is 1.69. The minimum atomic E-state index is -0.747. The molecule has 23 heavy (non-hydrogen) atoms. The van der Waals surface area contributed by atoms with Gasteiger partial charge in [-0.2, -0.15) is 0 Å². The largest absolute Gasteiger partial charge is 0.500 e. The number of rotatable bonds is 7. The second-order valence-corrected chi connectivity index (χ2v) is 5.01. The second kappa shape index (κ2) is 9.05. The highest BCUT2D eigenvalue weighted by Gasteiger charge is 2.21. The first-order valence-electron chi connectivity index (χ1n) is 6.92. The van der Waals surface area contributed by atoms with Crippen molar-refractivity contribution in [1.82, 2.24) is 0 Å². The number of carbonyl (C=O) groups is 2. The Hall–Kier alpha value is -2.21. The molecule has 0 N–H and O–H groups in total. The lowest BCUT2D eigenvalue weighted by atomic mass is 10.2. The van der Waals surface area contributed by atoms with Gasteiger partial charge in [0.25, 0.3) is 0 Å². The minimum Gasteiger partial charge on any atom is -0.500 e. The molecule has 0 heterocycles. The fraction of sp³-hybridized carbons (Fsp3) is 0.375. The maximum Gasteiger partial charge on any atom is 0.377 e. The normalized spacial score (nSPS) is 12.3. The lowest BCUT2D eigenvalue weighted by Gasteiger charge is -2.14. The summed E-state index contributed by atoms with van der Waals surface area (Å²) in [5, 5.41) is 0.337. The highest BCUT2D eigenvalue weighted by molar-refractivity contribution is 6.31. The van der Waals surface area contributed by atoms with Crippen molar-refractivity contribution in [2.24, 2.45) is 0 Å².